The Morgan fingerprint density at radius 1 is 1.35 bits per heavy atom. The highest BCUT2D eigenvalue weighted by atomic mass is 127. The second-order valence-corrected chi connectivity index (χ2v) is 6.22. The second kappa shape index (κ2) is 6.53. The number of hydrogen-bond donors (Lipinski definition) is 1. The van der Waals surface area contributed by atoms with Gasteiger partial charge in [0.2, 0.25) is 0 Å². The van der Waals surface area contributed by atoms with Crippen molar-refractivity contribution in [2.75, 3.05) is 5.32 Å². The number of aryl methyl sites for hydroxylation is 1. The fourth-order valence-corrected chi connectivity index (χ4v) is 2.64. The Morgan fingerprint density at radius 2 is 2.10 bits per heavy atom. The number of carbonyl (C=O) groups is 1. The van der Waals surface area contributed by atoms with E-state index in [1.807, 2.05) is 19.1 Å². The van der Waals surface area contributed by atoms with E-state index in [4.69, 9.17) is 0 Å². The molecule has 1 aromatic heterocycles. The van der Waals surface area contributed by atoms with Crippen molar-refractivity contribution in [2.45, 2.75) is 13.5 Å². The van der Waals surface area contributed by atoms with E-state index in [1.165, 1.54) is 6.07 Å². The van der Waals surface area contributed by atoms with E-state index in [-0.39, 0.29) is 11.5 Å². The van der Waals surface area contributed by atoms with Gasteiger partial charge < -0.3 is 9.88 Å². The Labute approximate surface area is 138 Å². The first-order valence-corrected chi connectivity index (χ1v) is 7.85. The molecule has 1 amide bonds. The van der Waals surface area contributed by atoms with E-state index in [2.05, 4.69) is 43.8 Å². The van der Waals surface area contributed by atoms with Crippen molar-refractivity contribution in [1.82, 2.24) is 4.57 Å². The lowest BCUT2D eigenvalue weighted by Crippen LogP contribution is -2.20. The van der Waals surface area contributed by atoms with Crippen molar-refractivity contribution in [3.63, 3.8) is 0 Å². The molecule has 0 atom stereocenters. The number of benzene rings is 1. The fraction of sp³-hybridized carbons (Fsp3) is 0.143. The minimum Gasteiger partial charge on any atom is -0.321 e. The molecule has 0 aliphatic carbocycles. The molecule has 20 heavy (non-hydrogen) atoms. The van der Waals surface area contributed by atoms with Crippen LogP contribution in [0.25, 0.3) is 0 Å². The maximum absolute atomic E-state index is 12.2. The molecule has 0 aliphatic rings. The van der Waals surface area contributed by atoms with Gasteiger partial charge in [0.05, 0.1) is 11.3 Å². The molecule has 1 N–H and O–H groups in total. The Bertz CT molecular complexity index is 713. The molecular formula is C14H12BrIN2O2. The number of pyridine rings is 1. The maximum atomic E-state index is 12.2. The summed E-state index contributed by atoms with van der Waals surface area (Å²) in [7, 11) is 0. The highest BCUT2D eigenvalue weighted by molar-refractivity contribution is 14.1. The molecule has 0 saturated heterocycles. The largest absolute Gasteiger partial charge is 0.321 e. The number of rotatable bonds is 3. The zero-order valence-electron chi connectivity index (χ0n) is 10.7. The number of anilines is 1. The minimum atomic E-state index is -0.211. The van der Waals surface area contributed by atoms with Crippen molar-refractivity contribution in [3.8, 4) is 0 Å². The Balaban J connectivity index is 2.28. The summed E-state index contributed by atoms with van der Waals surface area (Å²) >= 11 is 5.52. The number of nitrogens with zero attached hydrogens (tertiary/aromatic N) is 1. The summed E-state index contributed by atoms with van der Waals surface area (Å²) in [5, 5.41) is 2.80. The van der Waals surface area contributed by atoms with E-state index >= 15 is 0 Å². The van der Waals surface area contributed by atoms with E-state index in [9.17, 15) is 9.59 Å². The number of nitrogens with one attached hydrogen (secondary N) is 1. The fourth-order valence-electron chi connectivity index (χ4n) is 1.72. The monoisotopic (exact) mass is 446 g/mol. The number of carbonyl (C=O) groups excluding carboxylic acids is 1. The first-order chi connectivity index (χ1) is 9.51. The number of aromatic nitrogens is 1. The van der Waals surface area contributed by atoms with Gasteiger partial charge in [-0.2, -0.15) is 0 Å². The van der Waals surface area contributed by atoms with Crippen LogP contribution in [0, 0.1) is 3.57 Å². The van der Waals surface area contributed by atoms with Gasteiger partial charge in [0.25, 0.3) is 11.5 Å². The second-order valence-electron chi connectivity index (χ2n) is 4.12. The smallest absolute Gasteiger partial charge is 0.256 e. The molecule has 0 bridgehead atoms. The zero-order chi connectivity index (χ0) is 14.7. The van der Waals surface area contributed by atoms with Crippen LogP contribution >= 0.6 is 38.5 Å². The molecule has 0 unspecified atom stereocenters. The van der Waals surface area contributed by atoms with Gasteiger partial charge >= 0.3 is 0 Å². The normalized spacial score (nSPS) is 10.3. The maximum Gasteiger partial charge on any atom is 0.256 e. The van der Waals surface area contributed by atoms with Crippen LogP contribution in [0.1, 0.15) is 17.3 Å². The van der Waals surface area contributed by atoms with Crippen molar-refractivity contribution in [2.24, 2.45) is 0 Å². The molecule has 2 aromatic rings. The molecule has 1 aromatic carbocycles. The van der Waals surface area contributed by atoms with Gasteiger partial charge in [-0.1, -0.05) is 0 Å². The predicted octanol–water partition coefficient (Wildman–Crippen LogP) is 3.49. The summed E-state index contributed by atoms with van der Waals surface area (Å²) < 4.78 is 3.26. The Hall–Kier alpha value is -1.15. The van der Waals surface area contributed by atoms with Gasteiger partial charge in [0.1, 0.15) is 0 Å². The van der Waals surface area contributed by atoms with Crippen molar-refractivity contribution >= 4 is 50.1 Å². The quantitative estimate of drug-likeness (QED) is 0.733. The average molecular weight is 447 g/mol. The summed E-state index contributed by atoms with van der Waals surface area (Å²) in [5.41, 5.74) is 1.08. The first-order valence-electron chi connectivity index (χ1n) is 5.98. The van der Waals surface area contributed by atoms with Gasteiger partial charge in [-0.25, -0.2) is 0 Å². The molecule has 6 heteroatoms. The highest BCUT2D eigenvalue weighted by Gasteiger charge is 2.11. The molecule has 0 aliphatic heterocycles. The number of hydrogen-bond acceptors (Lipinski definition) is 2. The topological polar surface area (TPSA) is 51.1 Å². The van der Waals surface area contributed by atoms with Crippen molar-refractivity contribution in [3.05, 3.63) is 60.5 Å². The predicted molar refractivity (Wildman–Crippen MR) is 91.2 cm³/mol. The van der Waals surface area contributed by atoms with E-state index in [1.54, 1.807) is 22.9 Å². The van der Waals surface area contributed by atoms with E-state index < -0.39 is 0 Å². The molecule has 104 valence electrons. The van der Waals surface area contributed by atoms with Crippen LogP contribution in [0.3, 0.4) is 0 Å². The molecule has 4 nitrogen and oxygen atoms in total. The Kier molecular flexibility index (Phi) is 4.98. The van der Waals surface area contributed by atoms with Gasteiger partial charge in [0.15, 0.2) is 0 Å². The third-order valence-electron chi connectivity index (χ3n) is 2.76. The highest BCUT2D eigenvalue weighted by Crippen LogP contribution is 2.20. The van der Waals surface area contributed by atoms with Crippen LogP contribution in [0.4, 0.5) is 5.69 Å². The lowest BCUT2D eigenvalue weighted by Gasteiger charge is -2.09. The van der Waals surface area contributed by atoms with E-state index in [0.717, 1.165) is 8.04 Å². The minimum absolute atomic E-state index is 0.0825. The van der Waals surface area contributed by atoms with Gasteiger partial charge in [-0.3, -0.25) is 9.59 Å². The van der Waals surface area contributed by atoms with Crippen LogP contribution in [0.15, 0.2) is 45.8 Å². The van der Waals surface area contributed by atoms with Crippen LogP contribution in [0.5, 0.6) is 0 Å². The molecule has 2 rings (SSSR count). The number of amides is 1. The van der Waals surface area contributed by atoms with Crippen LogP contribution < -0.4 is 10.9 Å². The Morgan fingerprint density at radius 3 is 2.80 bits per heavy atom. The zero-order valence-corrected chi connectivity index (χ0v) is 14.4. The summed E-state index contributed by atoms with van der Waals surface area (Å²) in [5.74, 6) is -0.211. The third-order valence-corrected chi connectivity index (χ3v) is 4.12. The van der Waals surface area contributed by atoms with Crippen molar-refractivity contribution in [1.29, 1.82) is 0 Å². The number of halogens is 2. The molecular weight excluding hydrogens is 435 g/mol. The first kappa shape index (κ1) is 15.2. The summed E-state index contributed by atoms with van der Waals surface area (Å²) in [6.45, 7) is 2.44. The molecule has 0 spiro atoms. The molecule has 0 saturated carbocycles. The van der Waals surface area contributed by atoms with Gasteiger partial charge in [-0.15, -0.1) is 0 Å². The summed E-state index contributed by atoms with van der Waals surface area (Å²) in [6, 6.07) is 8.61. The van der Waals surface area contributed by atoms with Gasteiger partial charge in [0, 0.05) is 26.9 Å². The van der Waals surface area contributed by atoms with Crippen molar-refractivity contribution < 1.29 is 4.79 Å². The standard InChI is InChI=1S/C14H12BrIN2O2/c1-2-18-8-10(4-6-13(18)19)17-14(20)11-7-9(16)3-5-12(11)15/h3-8H,2H2,1H3,(H,17,20). The third kappa shape index (κ3) is 3.49. The summed E-state index contributed by atoms with van der Waals surface area (Å²) in [6.07, 6.45) is 1.64. The van der Waals surface area contributed by atoms with E-state index in [0.29, 0.717) is 17.8 Å². The molecule has 0 radical (unpaired) electrons. The van der Waals surface area contributed by atoms with Gasteiger partial charge in [-0.05, 0) is 69.7 Å². The van der Waals surface area contributed by atoms with Crippen LogP contribution in [-0.4, -0.2) is 10.5 Å². The van der Waals surface area contributed by atoms with Crippen LogP contribution in [-0.2, 0) is 6.54 Å². The summed E-state index contributed by atoms with van der Waals surface area (Å²) in [4.78, 5) is 23.7. The van der Waals surface area contributed by atoms with Crippen LogP contribution in [0.2, 0.25) is 0 Å². The SMILES string of the molecule is CCn1cc(NC(=O)c2cc(I)ccc2Br)ccc1=O. The molecule has 0 fully saturated rings. The lowest BCUT2D eigenvalue weighted by molar-refractivity contribution is 0.102. The molecule has 1 heterocycles. The lowest BCUT2D eigenvalue weighted by atomic mass is 10.2. The average Bonchev–Trinajstić information content (AvgIpc) is 2.43.